The molecule has 0 atom stereocenters. The Balaban J connectivity index is 2.36. The molecule has 0 N–H and O–H groups in total. The fourth-order valence-corrected chi connectivity index (χ4v) is 2.06. The molecular weight excluding hydrogens is 206 g/mol. The maximum Gasteiger partial charge on any atom is 0.106 e. The van der Waals surface area contributed by atoms with E-state index in [4.69, 9.17) is 0 Å². The summed E-state index contributed by atoms with van der Waals surface area (Å²) in [7, 11) is 0. The van der Waals surface area contributed by atoms with Gasteiger partial charge in [-0.1, -0.05) is 22.7 Å². The minimum absolute atomic E-state index is 0.915. The quantitative estimate of drug-likeness (QED) is 0.624. The molecule has 0 saturated heterocycles. The maximum atomic E-state index is 4.31. The zero-order valence-electron chi connectivity index (χ0n) is 7.79. The molecule has 0 bridgehead atoms. The van der Waals surface area contributed by atoms with Gasteiger partial charge in [0.1, 0.15) is 5.69 Å². The van der Waals surface area contributed by atoms with Crippen molar-refractivity contribution in [3.05, 3.63) is 41.9 Å². The summed E-state index contributed by atoms with van der Waals surface area (Å²) in [6.45, 7) is 0. The average Bonchev–Trinajstić information content (AvgIpc) is 2.82. The monoisotopic (exact) mass is 213 g/mol. The highest BCUT2D eigenvalue weighted by Crippen LogP contribution is 2.26. The zero-order valence-corrected chi connectivity index (χ0v) is 8.61. The first-order chi connectivity index (χ1) is 7.45. The molecule has 0 radical (unpaired) electrons. The number of hydrogen-bond donors (Lipinski definition) is 0. The molecule has 3 aromatic rings. The molecule has 4 heteroatoms. The van der Waals surface area contributed by atoms with Gasteiger partial charge in [-0.3, -0.25) is 4.98 Å². The fraction of sp³-hybridized carbons (Fsp3) is 0. The lowest BCUT2D eigenvalue weighted by molar-refractivity contribution is 1.16. The van der Waals surface area contributed by atoms with Crippen molar-refractivity contribution in [3.8, 4) is 11.3 Å². The average molecular weight is 213 g/mol. The molecule has 1 aromatic carbocycles. The summed E-state index contributed by atoms with van der Waals surface area (Å²) < 4.78 is 3.88. The highest BCUT2D eigenvalue weighted by Gasteiger charge is 2.05. The molecule has 2 aromatic heterocycles. The molecule has 3 rings (SSSR count). The Bertz CT molecular complexity index is 584. The van der Waals surface area contributed by atoms with Crippen molar-refractivity contribution in [3.63, 3.8) is 0 Å². The van der Waals surface area contributed by atoms with E-state index in [-0.39, 0.29) is 0 Å². The second-order valence-electron chi connectivity index (χ2n) is 3.17. The molecule has 0 amide bonds. The highest BCUT2D eigenvalue weighted by atomic mass is 32.1. The minimum Gasteiger partial charge on any atom is -0.256 e. The summed E-state index contributed by atoms with van der Waals surface area (Å²) in [4.78, 5) is 4.31. The van der Waals surface area contributed by atoms with Crippen LogP contribution in [0.1, 0.15) is 0 Å². The lowest BCUT2D eigenvalue weighted by Crippen LogP contribution is -1.83. The predicted molar refractivity (Wildman–Crippen MR) is 60.6 cm³/mol. The topological polar surface area (TPSA) is 38.7 Å². The highest BCUT2D eigenvalue weighted by molar-refractivity contribution is 7.03. The molecule has 0 fully saturated rings. The Morgan fingerprint density at radius 1 is 1.07 bits per heavy atom. The Kier molecular flexibility index (Phi) is 1.93. The van der Waals surface area contributed by atoms with Crippen LogP contribution in [0, 0.1) is 0 Å². The first-order valence-corrected chi connectivity index (χ1v) is 5.40. The summed E-state index contributed by atoms with van der Waals surface area (Å²) in [5, 5.41) is 7.14. The molecule has 2 heterocycles. The molecular formula is C11H7N3S. The van der Waals surface area contributed by atoms with Gasteiger partial charge in [-0.15, -0.1) is 5.10 Å². The Morgan fingerprint density at radius 2 is 2.07 bits per heavy atom. The predicted octanol–water partition coefficient (Wildman–Crippen LogP) is 2.75. The van der Waals surface area contributed by atoms with Gasteiger partial charge in [0.15, 0.2) is 0 Å². The van der Waals surface area contributed by atoms with E-state index in [1.807, 2.05) is 29.6 Å². The standard InChI is InChI=1S/C11H7N3S/c1-3-9(11-7-15-14-13-11)8-4-2-6-12-10(8)5-1/h1-7H. The third-order valence-corrected chi connectivity index (χ3v) is 2.79. The van der Waals surface area contributed by atoms with Crippen LogP contribution < -0.4 is 0 Å². The summed E-state index contributed by atoms with van der Waals surface area (Å²) in [5.74, 6) is 0. The van der Waals surface area contributed by atoms with Crippen molar-refractivity contribution in [1.82, 2.24) is 14.6 Å². The Morgan fingerprint density at radius 3 is 2.93 bits per heavy atom. The van der Waals surface area contributed by atoms with Crippen molar-refractivity contribution in [1.29, 1.82) is 0 Å². The summed E-state index contributed by atoms with van der Waals surface area (Å²) in [6, 6.07) is 10.0. The van der Waals surface area contributed by atoms with Crippen LogP contribution in [0.5, 0.6) is 0 Å². The summed E-state index contributed by atoms with van der Waals surface area (Å²) >= 11 is 1.36. The van der Waals surface area contributed by atoms with E-state index in [1.165, 1.54) is 11.5 Å². The van der Waals surface area contributed by atoms with Crippen molar-refractivity contribution >= 4 is 22.4 Å². The maximum absolute atomic E-state index is 4.31. The van der Waals surface area contributed by atoms with Gasteiger partial charge < -0.3 is 0 Å². The Labute approximate surface area is 90.6 Å². The summed E-state index contributed by atoms with van der Waals surface area (Å²) in [5.41, 5.74) is 3.00. The van der Waals surface area contributed by atoms with Crippen LogP contribution in [0.15, 0.2) is 41.9 Å². The second kappa shape index (κ2) is 3.40. The van der Waals surface area contributed by atoms with E-state index >= 15 is 0 Å². The van der Waals surface area contributed by atoms with Gasteiger partial charge in [-0.05, 0) is 23.7 Å². The molecule has 0 aliphatic heterocycles. The van der Waals surface area contributed by atoms with E-state index in [0.29, 0.717) is 0 Å². The van der Waals surface area contributed by atoms with Crippen molar-refractivity contribution in [2.75, 3.05) is 0 Å². The number of nitrogens with zero attached hydrogens (tertiary/aromatic N) is 3. The normalized spacial score (nSPS) is 10.7. The lowest BCUT2D eigenvalue weighted by Gasteiger charge is -2.01. The van der Waals surface area contributed by atoms with Gasteiger partial charge in [0.2, 0.25) is 0 Å². The summed E-state index contributed by atoms with van der Waals surface area (Å²) in [6.07, 6.45) is 1.80. The lowest BCUT2D eigenvalue weighted by atomic mass is 10.1. The molecule has 0 saturated carbocycles. The van der Waals surface area contributed by atoms with E-state index < -0.39 is 0 Å². The van der Waals surface area contributed by atoms with Crippen LogP contribution >= 0.6 is 11.5 Å². The molecule has 72 valence electrons. The second-order valence-corrected chi connectivity index (χ2v) is 3.78. The van der Waals surface area contributed by atoms with Gasteiger partial charge in [0.05, 0.1) is 5.52 Å². The molecule has 0 aliphatic rings. The van der Waals surface area contributed by atoms with Crippen LogP contribution in [0.2, 0.25) is 0 Å². The molecule has 15 heavy (non-hydrogen) atoms. The van der Waals surface area contributed by atoms with Crippen molar-refractivity contribution < 1.29 is 0 Å². The van der Waals surface area contributed by atoms with Gasteiger partial charge in [-0.2, -0.15) is 0 Å². The van der Waals surface area contributed by atoms with Crippen LogP contribution in [0.25, 0.3) is 22.2 Å². The number of aromatic nitrogens is 3. The Hall–Kier alpha value is -1.81. The van der Waals surface area contributed by atoms with E-state index in [2.05, 4.69) is 20.6 Å². The largest absolute Gasteiger partial charge is 0.256 e. The van der Waals surface area contributed by atoms with Gasteiger partial charge >= 0.3 is 0 Å². The van der Waals surface area contributed by atoms with Crippen molar-refractivity contribution in [2.45, 2.75) is 0 Å². The van der Waals surface area contributed by atoms with E-state index in [9.17, 15) is 0 Å². The number of fused-ring (bicyclic) bond motifs is 1. The molecule has 0 spiro atoms. The smallest absolute Gasteiger partial charge is 0.106 e. The van der Waals surface area contributed by atoms with E-state index in [1.54, 1.807) is 6.20 Å². The number of benzene rings is 1. The van der Waals surface area contributed by atoms with Gasteiger partial charge in [0.25, 0.3) is 0 Å². The fourth-order valence-electron chi connectivity index (χ4n) is 1.61. The first-order valence-electron chi connectivity index (χ1n) is 4.56. The number of rotatable bonds is 1. The van der Waals surface area contributed by atoms with E-state index in [0.717, 1.165) is 22.2 Å². The SMILES string of the molecule is c1cc(-c2csnn2)c2cccnc2c1. The zero-order chi connectivity index (χ0) is 10.1. The third kappa shape index (κ3) is 1.39. The molecule has 3 nitrogen and oxygen atoms in total. The molecule has 0 unspecified atom stereocenters. The molecule has 0 aliphatic carbocycles. The first kappa shape index (κ1) is 8.49. The van der Waals surface area contributed by atoms with Crippen LogP contribution in [0.3, 0.4) is 0 Å². The number of hydrogen-bond acceptors (Lipinski definition) is 4. The van der Waals surface area contributed by atoms with Crippen LogP contribution in [0.4, 0.5) is 0 Å². The van der Waals surface area contributed by atoms with Crippen LogP contribution in [-0.2, 0) is 0 Å². The van der Waals surface area contributed by atoms with Crippen LogP contribution in [-0.4, -0.2) is 14.6 Å². The third-order valence-electron chi connectivity index (χ3n) is 2.28. The van der Waals surface area contributed by atoms with Gasteiger partial charge in [-0.25, -0.2) is 0 Å². The van der Waals surface area contributed by atoms with Gasteiger partial charge in [0, 0.05) is 22.5 Å². The van der Waals surface area contributed by atoms with Crippen molar-refractivity contribution in [2.24, 2.45) is 0 Å². The number of pyridine rings is 1. The minimum atomic E-state index is 0.915.